The number of aromatic nitrogens is 3. The van der Waals surface area contributed by atoms with Crippen molar-refractivity contribution in [1.82, 2.24) is 19.9 Å². The lowest BCUT2D eigenvalue weighted by Gasteiger charge is -2.09. The third kappa shape index (κ3) is 3.48. The Morgan fingerprint density at radius 3 is 2.87 bits per heavy atom. The van der Waals surface area contributed by atoms with E-state index in [1.54, 1.807) is 6.20 Å². The van der Waals surface area contributed by atoms with E-state index in [4.69, 9.17) is 11.6 Å². The molecule has 0 saturated heterocycles. The van der Waals surface area contributed by atoms with Crippen molar-refractivity contribution in [1.29, 1.82) is 0 Å². The summed E-state index contributed by atoms with van der Waals surface area (Å²) in [5, 5.41) is 4.80. The molecule has 0 radical (unpaired) electrons. The summed E-state index contributed by atoms with van der Waals surface area (Å²) in [6.07, 6.45) is 4.83. The highest BCUT2D eigenvalue weighted by molar-refractivity contribution is 6.35. The first kappa shape index (κ1) is 15.8. The Hall–Kier alpha value is -2.05. The van der Waals surface area contributed by atoms with Crippen LogP contribution in [0.3, 0.4) is 0 Å². The summed E-state index contributed by atoms with van der Waals surface area (Å²) in [6.45, 7) is -1.43. The largest absolute Gasteiger partial charge is 0.319 e. The van der Waals surface area contributed by atoms with Gasteiger partial charge in [0.25, 0.3) is 0 Å². The standard InChI is InChI=1S/C16H15ClF2N4/c17-13-4-3-11(15-12(13)2-1-6-22-15)10-20-7-5-14-21-8-9-23(14)16(18)19/h1-4,6,8-9,16,20H,5,7,10H2. The van der Waals surface area contributed by atoms with E-state index >= 15 is 0 Å². The number of imidazole rings is 1. The molecular weight excluding hydrogens is 322 g/mol. The lowest BCUT2D eigenvalue weighted by Crippen LogP contribution is -2.19. The number of halogens is 3. The van der Waals surface area contributed by atoms with Crippen molar-refractivity contribution in [2.24, 2.45) is 0 Å². The van der Waals surface area contributed by atoms with Gasteiger partial charge in [0.2, 0.25) is 0 Å². The normalized spacial score (nSPS) is 11.5. The van der Waals surface area contributed by atoms with E-state index in [-0.39, 0.29) is 0 Å². The summed E-state index contributed by atoms with van der Waals surface area (Å²) in [6, 6.07) is 7.53. The predicted molar refractivity (Wildman–Crippen MR) is 85.6 cm³/mol. The molecular formula is C16H15ClF2N4. The van der Waals surface area contributed by atoms with Crippen molar-refractivity contribution >= 4 is 22.5 Å². The van der Waals surface area contributed by atoms with Gasteiger partial charge in [-0.3, -0.25) is 9.55 Å². The summed E-state index contributed by atoms with van der Waals surface area (Å²) in [5.74, 6) is 0.367. The van der Waals surface area contributed by atoms with Crippen molar-refractivity contribution in [2.45, 2.75) is 19.5 Å². The van der Waals surface area contributed by atoms with Gasteiger partial charge in [-0.15, -0.1) is 0 Å². The Balaban J connectivity index is 1.63. The number of rotatable bonds is 6. The second-order valence-corrected chi connectivity index (χ2v) is 5.47. The highest BCUT2D eigenvalue weighted by Gasteiger charge is 2.11. The molecule has 0 aliphatic heterocycles. The summed E-state index contributed by atoms with van der Waals surface area (Å²) >= 11 is 6.16. The molecule has 0 amide bonds. The summed E-state index contributed by atoms with van der Waals surface area (Å²) < 4.78 is 26.3. The van der Waals surface area contributed by atoms with Gasteiger partial charge in [-0.1, -0.05) is 17.7 Å². The topological polar surface area (TPSA) is 42.7 Å². The van der Waals surface area contributed by atoms with Gasteiger partial charge in [0.05, 0.1) is 5.52 Å². The Labute approximate surface area is 137 Å². The van der Waals surface area contributed by atoms with Crippen molar-refractivity contribution in [3.05, 3.63) is 59.3 Å². The maximum absolute atomic E-state index is 12.7. The highest BCUT2D eigenvalue weighted by atomic mass is 35.5. The monoisotopic (exact) mass is 336 g/mol. The minimum atomic E-state index is -2.56. The van der Waals surface area contributed by atoms with Crippen molar-refractivity contribution in [2.75, 3.05) is 6.54 Å². The second kappa shape index (κ2) is 7.02. The molecule has 2 heterocycles. The van der Waals surface area contributed by atoms with Crippen LogP contribution in [0.25, 0.3) is 10.9 Å². The molecule has 0 aliphatic carbocycles. The number of hydrogen-bond donors (Lipinski definition) is 1. The predicted octanol–water partition coefficient (Wildman–Crippen LogP) is 3.81. The Morgan fingerprint density at radius 1 is 1.17 bits per heavy atom. The molecule has 3 rings (SSSR count). The van der Waals surface area contributed by atoms with Crippen LogP contribution in [-0.4, -0.2) is 21.1 Å². The second-order valence-electron chi connectivity index (χ2n) is 5.06. The van der Waals surface area contributed by atoms with Gasteiger partial charge in [0, 0.05) is 48.5 Å². The highest BCUT2D eigenvalue weighted by Crippen LogP contribution is 2.24. The van der Waals surface area contributed by atoms with E-state index in [1.165, 1.54) is 12.4 Å². The molecule has 3 aromatic rings. The minimum Gasteiger partial charge on any atom is -0.312 e. The van der Waals surface area contributed by atoms with E-state index < -0.39 is 6.55 Å². The lowest BCUT2D eigenvalue weighted by molar-refractivity contribution is 0.0670. The molecule has 120 valence electrons. The fourth-order valence-electron chi connectivity index (χ4n) is 2.48. The number of nitrogens with zero attached hydrogens (tertiary/aromatic N) is 3. The third-order valence-electron chi connectivity index (χ3n) is 3.60. The van der Waals surface area contributed by atoms with E-state index in [2.05, 4.69) is 15.3 Å². The zero-order chi connectivity index (χ0) is 16.2. The van der Waals surface area contributed by atoms with Gasteiger partial charge >= 0.3 is 6.55 Å². The first-order chi connectivity index (χ1) is 11.2. The molecule has 0 saturated carbocycles. The molecule has 2 aromatic heterocycles. The fraction of sp³-hybridized carbons (Fsp3) is 0.250. The van der Waals surface area contributed by atoms with Crippen LogP contribution < -0.4 is 5.32 Å². The summed E-state index contributed by atoms with van der Waals surface area (Å²) in [7, 11) is 0. The zero-order valence-electron chi connectivity index (χ0n) is 12.2. The molecule has 0 unspecified atom stereocenters. The number of pyridine rings is 1. The first-order valence-corrected chi connectivity index (χ1v) is 7.57. The van der Waals surface area contributed by atoms with Crippen LogP contribution in [0.4, 0.5) is 8.78 Å². The van der Waals surface area contributed by atoms with Crippen molar-refractivity contribution in [3.8, 4) is 0 Å². The molecule has 0 fully saturated rings. The van der Waals surface area contributed by atoms with Gasteiger partial charge in [-0.05, 0) is 23.8 Å². The first-order valence-electron chi connectivity index (χ1n) is 7.19. The molecule has 7 heteroatoms. The summed E-state index contributed by atoms with van der Waals surface area (Å²) in [4.78, 5) is 8.32. The van der Waals surface area contributed by atoms with E-state index in [0.717, 1.165) is 21.0 Å². The SMILES string of the molecule is FC(F)n1ccnc1CCNCc1ccc(Cl)c2cccnc12. The van der Waals surface area contributed by atoms with E-state index in [1.807, 2.05) is 24.3 Å². The Bertz CT molecular complexity index is 804. The van der Waals surface area contributed by atoms with Crippen LogP contribution in [0.5, 0.6) is 0 Å². The van der Waals surface area contributed by atoms with Crippen LogP contribution in [0, 0.1) is 0 Å². The van der Waals surface area contributed by atoms with Gasteiger partial charge in [-0.2, -0.15) is 8.78 Å². The molecule has 0 atom stereocenters. The molecule has 0 spiro atoms. The molecule has 23 heavy (non-hydrogen) atoms. The van der Waals surface area contributed by atoms with Gasteiger partial charge < -0.3 is 5.32 Å². The minimum absolute atomic E-state index is 0.367. The maximum atomic E-state index is 12.7. The van der Waals surface area contributed by atoms with Crippen LogP contribution in [0.2, 0.25) is 5.02 Å². The van der Waals surface area contributed by atoms with Gasteiger partial charge in [0.1, 0.15) is 5.82 Å². The third-order valence-corrected chi connectivity index (χ3v) is 3.93. The van der Waals surface area contributed by atoms with Crippen LogP contribution in [0.15, 0.2) is 42.9 Å². The molecule has 0 bridgehead atoms. The number of hydrogen-bond acceptors (Lipinski definition) is 3. The molecule has 1 N–H and O–H groups in total. The van der Waals surface area contributed by atoms with Crippen molar-refractivity contribution in [3.63, 3.8) is 0 Å². The number of alkyl halides is 2. The van der Waals surface area contributed by atoms with Gasteiger partial charge in [-0.25, -0.2) is 4.98 Å². The van der Waals surface area contributed by atoms with Crippen molar-refractivity contribution < 1.29 is 8.78 Å². The number of fused-ring (bicyclic) bond motifs is 1. The van der Waals surface area contributed by atoms with E-state index in [0.29, 0.717) is 30.4 Å². The van der Waals surface area contributed by atoms with Crippen LogP contribution in [-0.2, 0) is 13.0 Å². The number of nitrogens with one attached hydrogen (secondary N) is 1. The lowest BCUT2D eigenvalue weighted by atomic mass is 10.1. The van der Waals surface area contributed by atoms with Gasteiger partial charge in [0.15, 0.2) is 0 Å². The average Bonchev–Trinajstić information content (AvgIpc) is 3.02. The molecule has 0 aliphatic rings. The molecule has 4 nitrogen and oxygen atoms in total. The fourth-order valence-corrected chi connectivity index (χ4v) is 2.69. The smallest absolute Gasteiger partial charge is 0.312 e. The quantitative estimate of drug-likeness (QED) is 0.696. The Kier molecular flexibility index (Phi) is 4.83. The number of benzene rings is 1. The Morgan fingerprint density at radius 2 is 2.04 bits per heavy atom. The maximum Gasteiger partial charge on any atom is 0.319 e. The molecule has 1 aromatic carbocycles. The zero-order valence-corrected chi connectivity index (χ0v) is 13.0. The van der Waals surface area contributed by atoms with Crippen LogP contribution in [0.1, 0.15) is 17.9 Å². The summed E-state index contributed by atoms with van der Waals surface area (Å²) in [5.41, 5.74) is 1.86. The van der Waals surface area contributed by atoms with E-state index in [9.17, 15) is 8.78 Å². The van der Waals surface area contributed by atoms with Crippen LogP contribution >= 0.6 is 11.6 Å². The average molecular weight is 337 g/mol.